The summed E-state index contributed by atoms with van der Waals surface area (Å²) in [6.07, 6.45) is 6.78. The van der Waals surface area contributed by atoms with Crippen molar-refractivity contribution in [2.45, 2.75) is 13.2 Å². The molecule has 1 aliphatic heterocycles. The quantitative estimate of drug-likeness (QED) is 0.616. The van der Waals surface area contributed by atoms with Gasteiger partial charge >= 0.3 is 0 Å². The van der Waals surface area contributed by atoms with Gasteiger partial charge in [0, 0.05) is 24.2 Å². The molecule has 0 aliphatic carbocycles. The number of rotatable bonds is 3. The summed E-state index contributed by atoms with van der Waals surface area (Å²) in [7, 11) is 0. The average Bonchev–Trinajstić information content (AvgIpc) is 3.36. The molecule has 0 unspecified atom stereocenters. The molecule has 4 aromatic rings. The van der Waals surface area contributed by atoms with Crippen molar-refractivity contribution in [2.24, 2.45) is 0 Å². The number of pyridine rings is 1. The lowest BCUT2D eigenvalue weighted by Crippen LogP contribution is -1.89. The summed E-state index contributed by atoms with van der Waals surface area (Å²) in [6.45, 7) is 1.32. The second kappa shape index (κ2) is 6.16. The van der Waals surface area contributed by atoms with Gasteiger partial charge in [-0.3, -0.25) is 9.97 Å². The smallest absolute Gasteiger partial charge is 0.158 e. The second-order valence-electron chi connectivity index (χ2n) is 6.09. The predicted octanol–water partition coefficient (Wildman–Crippen LogP) is 3.63. The highest BCUT2D eigenvalue weighted by molar-refractivity contribution is 5.79. The van der Waals surface area contributed by atoms with E-state index in [1.54, 1.807) is 24.8 Å². The largest absolute Gasteiger partial charge is 0.372 e. The number of nitrogens with one attached hydrogen (secondary N) is 1. The fraction of sp³-hybridized carbons (Fsp3) is 0.100. The van der Waals surface area contributed by atoms with Crippen molar-refractivity contribution in [3.05, 3.63) is 72.3 Å². The monoisotopic (exact) mass is 341 g/mol. The highest BCUT2D eigenvalue weighted by Crippen LogP contribution is 2.33. The van der Waals surface area contributed by atoms with E-state index in [0.29, 0.717) is 24.7 Å². The zero-order chi connectivity index (χ0) is 17.3. The molecule has 0 amide bonds. The van der Waals surface area contributed by atoms with Gasteiger partial charge in [-0.25, -0.2) is 9.97 Å². The molecular weight excluding hydrogens is 326 g/mol. The first kappa shape index (κ1) is 14.9. The van der Waals surface area contributed by atoms with Crippen molar-refractivity contribution < 1.29 is 4.74 Å². The number of aromatic nitrogens is 5. The molecule has 5 rings (SSSR count). The summed E-state index contributed by atoms with van der Waals surface area (Å²) in [5.74, 6) is 0.672. The highest BCUT2D eigenvalue weighted by atomic mass is 16.5. The molecule has 0 spiro atoms. The summed E-state index contributed by atoms with van der Waals surface area (Å²) in [5, 5.41) is 0. The summed E-state index contributed by atoms with van der Waals surface area (Å²) in [6, 6.07) is 12.2. The third kappa shape index (κ3) is 2.57. The number of H-pyrrole nitrogens is 1. The SMILES string of the molecule is c1ccc(-c2[nH]c(-c3cnccn3)nc2-c2ccc3c(c2)COC3)nc1. The van der Waals surface area contributed by atoms with Crippen molar-refractivity contribution in [2.75, 3.05) is 0 Å². The Hall–Kier alpha value is -3.38. The lowest BCUT2D eigenvalue weighted by Gasteiger charge is -2.04. The maximum absolute atomic E-state index is 5.54. The van der Waals surface area contributed by atoms with Crippen LogP contribution in [0.15, 0.2) is 61.2 Å². The Morgan fingerprint density at radius 1 is 0.885 bits per heavy atom. The van der Waals surface area contributed by atoms with Gasteiger partial charge in [0.15, 0.2) is 5.82 Å². The molecule has 26 heavy (non-hydrogen) atoms. The summed E-state index contributed by atoms with van der Waals surface area (Å²) in [4.78, 5) is 21.2. The fourth-order valence-corrected chi connectivity index (χ4v) is 3.14. The molecule has 1 aliphatic rings. The van der Waals surface area contributed by atoms with Crippen LogP contribution in [0.5, 0.6) is 0 Å². The molecule has 1 N–H and O–H groups in total. The van der Waals surface area contributed by atoms with E-state index in [2.05, 4.69) is 38.1 Å². The predicted molar refractivity (Wildman–Crippen MR) is 96.8 cm³/mol. The van der Waals surface area contributed by atoms with E-state index < -0.39 is 0 Å². The van der Waals surface area contributed by atoms with E-state index in [4.69, 9.17) is 9.72 Å². The zero-order valence-electron chi connectivity index (χ0n) is 13.9. The maximum atomic E-state index is 5.54. The summed E-state index contributed by atoms with van der Waals surface area (Å²) in [5.41, 5.74) is 6.71. The standard InChI is InChI=1S/C20H15N5O/c1-2-6-22-16(3-1)19-18(13-4-5-14-11-26-12-15(14)9-13)24-20(25-19)17-10-21-7-8-23-17/h1-10H,11-12H2,(H,24,25). The zero-order valence-corrected chi connectivity index (χ0v) is 13.9. The second-order valence-corrected chi connectivity index (χ2v) is 6.09. The van der Waals surface area contributed by atoms with Gasteiger partial charge in [0.2, 0.25) is 0 Å². The van der Waals surface area contributed by atoms with Crippen molar-refractivity contribution in [1.29, 1.82) is 0 Å². The molecule has 1 aromatic carbocycles. The van der Waals surface area contributed by atoms with E-state index >= 15 is 0 Å². The molecule has 4 heterocycles. The molecule has 126 valence electrons. The Bertz CT molecular complexity index is 1060. The van der Waals surface area contributed by atoms with Crippen LogP contribution in [0.25, 0.3) is 34.2 Å². The number of fused-ring (bicyclic) bond motifs is 1. The first-order valence-corrected chi connectivity index (χ1v) is 8.36. The van der Waals surface area contributed by atoms with E-state index in [-0.39, 0.29) is 0 Å². The lowest BCUT2D eigenvalue weighted by molar-refractivity contribution is 0.134. The van der Waals surface area contributed by atoms with Crippen LogP contribution in [0.2, 0.25) is 0 Å². The number of ether oxygens (including phenoxy) is 1. The van der Waals surface area contributed by atoms with Gasteiger partial charge in [-0.2, -0.15) is 0 Å². The Balaban J connectivity index is 1.69. The van der Waals surface area contributed by atoms with Gasteiger partial charge < -0.3 is 9.72 Å². The Labute approximate surface area is 150 Å². The molecular formula is C20H15N5O. The van der Waals surface area contributed by atoms with Crippen molar-refractivity contribution in [3.8, 4) is 34.2 Å². The molecule has 0 saturated heterocycles. The van der Waals surface area contributed by atoms with Gasteiger partial charge in [-0.15, -0.1) is 0 Å². The minimum absolute atomic E-state index is 0.642. The van der Waals surface area contributed by atoms with Crippen LogP contribution in [-0.4, -0.2) is 24.9 Å². The van der Waals surface area contributed by atoms with E-state index in [1.165, 1.54) is 11.1 Å². The molecule has 0 fully saturated rings. The van der Waals surface area contributed by atoms with Crippen LogP contribution in [0.3, 0.4) is 0 Å². The number of aromatic amines is 1. The highest BCUT2D eigenvalue weighted by Gasteiger charge is 2.19. The third-order valence-corrected chi connectivity index (χ3v) is 4.43. The molecule has 0 atom stereocenters. The number of imidazole rings is 1. The van der Waals surface area contributed by atoms with Crippen LogP contribution in [0.4, 0.5) is 0 Å². The first-order chi connectivity index (χ1) is 12.9. The summed E-state index contributed by atoms with van der Waals surface area (Å²) >= 11 is 0. The van der Waals surface area contributed by atoms with Crippen molar-refractivity contribution in [1.82, 2.24) is 24.9 Å². The topological polar surface area (TPSA) is 76.6 Å². The van der Waals surface area contributed by atoms with Gasteiger partial charge in [-0.1, -0.05) is 18.2 Å². The average molecular weight is 341 g/mol. The molecule has 0 radical (unpaired) electrons. The van der Waals surface area contributed by atoms with Gasteiger partial charge in [0.05, 0.1) is 36.5 Å². The van der Waals surface area contributed by atoms with Crippen LogP contribution < -0.4 is 0 Å². The molecule has 0 bridgehead atoms. The fourth-order valence-electron chi connectivity index (χ4n) is 3.14. The lowest BCUT2D eigenvalue weighted by atomic mass is 10.0. The van der Waals surface area contributed by atoms with E-state index in [0.717, 1.165) is 22.6 Å². The van der Waals surface area contributed by atoms with Crippen molar-refractivity contribution >= 4 is 0 Å². The molecule has 6 heteroatoms. The van der Waals surface area contributed by atoms with Gasteiger partial charge in [0.1, 0.15) is 5.69 Å². The summed E-state index contributed by atoms with van der Waals surface area (Å²) < 4.78 is 5.54. The maximum Gasteiger partial charge on any atom is 0.158 e. The minimum Gasteiger partial charge on any atom is -0.372 e. The van der Waals surface area contributed by atoms with Crippen LogP contribution in [0.1, 0.15) is 11.1 Å². The van der Waals surface area contributed by atoms with Gasteiger partial charge in [-0.05, 0) is 29.3 Å². The van der Waals surface area contributed by atoms with Crippen molar-refractivity contribution in [3.63, 3.8) is 0 Å². The molecule has 0 saturated carbocycles. The van der Waals surface area contributed by atoms with E-state index in [9.17, 15) is 0 Å². The molecule has 6 nitrogen and oxygen atoms in total. The Morgan fingerprint density at radius 2 is 1.81 bits per heavy atom. The van der Waals surface area contributed by atoms with E-state index in [1.807, 2.05) is 18.2 Å². The molecule has 3 aromatic heterocycles. The Morgan fingerprint density at radius 3 is 2.65 bits per heavy atom. The minimum atomic E-state index is 0.642. The number of hydrogen-bond donors (Lipinski definition) is 1. The Kier molecular flexibility index (Phi) is 3.54. The third-order valence-electron chi connectivity index (χ3n) is 4.43. The van der Waals surface area contributed by atoms with Crippen LogP contribution in [-0.2, 0) is 18.0 Å². The normalized spacial score (nSPS) is 12.9. The first-order valence-electron chi connectivity index (χ1n) is 8.36. The van der Waals surface area contributed by atoms with Gasteiger partial charge in [0.25, 0.3) is 0 Å². The number of hydrogen-bond acceptors (Lipinski definition) is 5. The number of benzene rings is 1. The number of nitrogens with zero attached hydrogens (tertiary/aromatic N) is 4. The van der Waals surface area contributed by atoms with Crippen LogP contribution >= 0.6 is 0 Å². The van der Waals surface area contributed by atoms with Crippen LogP contribution in [0, 0.1) is 0 Å².